The predicted molar refractivity (Wildman–Crippen MR) is 78.5 cm³/mol. The van der Waals surface area contributed by atoms with Gasteiger partial charge in [0.05, 0.1) is 4.92 Å². The van der Waals surface area contributed by atoms with E-state index in [0.717, 1.165) is 25.1 Å². The molecule has 1 aromatic rings. The zero-order valence-corrected chi connectivity index (χ0v) is 12.5. The molecule has 7 heteroatoms. The number of anilines is 1. The van der Waals surface area contributed by atoms with Crippen LogP contribution in [0.25, 0.3) is 0 Å². The second-order valence-corrected chi connectivity index (χ2v) is 5.22. The van der Waals surface area contributed by atoms with Gasteiger partial charge in [-0.15, -0.1) is 0 Å². The fourth-order valence-electron chi connectivity index (χ4n) is 1.82. The van der Waals surface area contributed by atoms with Crippen molar-refractivity contribution < 1.29 is 13.7 Å². The highest BCUT2D eigenvalue weighted by atomic mass is 19.2. The fourth-order valence-corrected chi connectivity index (χ4v) is 1.82. The normalized spacial score (nSPS) is 11.2. The SMILES string of the molecule is CC(C)N(C)CCCCNc1c([N+](=O)[O-])ccc(F)c1F. The molecule has 0 aliphatic carbocycles. The van der Waals surface area contributed by atoms with Crippen LogP contribution in [0.1, 0.15) is 26.7 Å². The van der Waals surface area contributed by atoms with Crippen LogP contribution in [0.2, 0.25) is 0 Å². The van der Waals surface area contributed by atoms with Crippen molar-refractivity contribution in [2.24, 2.45) is 0 Å². The Bertz CT molecular complexity index is 495. The van der Waals surface area contributed by atoms with Crippen molar-refractivity contribution >= 4 is 11.4 Å². The molecule has 1 rings (SSSR count). The van der Waals surface area contributed by atoms with Crippen molar-refractivity contribution in [1.82, 2.24) is 4.90 Å². The summed E-state index contributed by atoms with van der Waals surface area (Å²) in [5.41, 5.74) is -0.828. The molecule has 0 aliphatic heterocycles. The lowest BCUT2D eigenvalue weighted by Gasteiger charge is -2.20. The molecule has 0 radical (unpaired) electrons. The molecule has 0 saturated heterocycles. The van der Waals surface area contributed by atoms with E-state index in [1.807, 2.05) is 7.05 Å². The fraction of sp³-hybridized carbons (Fsp3) is 0.571. The average molecular weight is 301 g/mol. The number of nitro groups is 1. The topological polar surface area (TPSA) is 58.4 Å². The monoisotopic (exact) mass is 301 g/mol. The molecule has 0 atom stereocenters. The minimum Gasteiger partial charge on any atom is -0.377 e. The number of nitro benzene ring substituents is 1. The summed E-state index contributed by atoms with van der Waals surface area (Å²) in [5.74, 6) is -2.30. The van der Waals surface area contributed by atoms with Crippen LogP contribution in [0.5, 0.6) is 0 Å². The number of hydrogen-bond donors (Lipinski definition) is 1. The van der Waals surface area contributed by atoms with Crippen LogP contribution in [0.4, 0.5) is 20.2 Å². The van der Waals surface area contributed by atoms with E-state index in [2.05, 4.69) is 24.1 Å². The maximum Gasteiger partial charge on any atom is 0.295 e. The van der Waals surface area contributed by atoms with Crippen LogP contribution in [0.3, 0.4) is 0 Å². The summed E-state index contributed by atoms with van der Waals surface area (Å²) in [6.45, 7) is 5.41. The predicted octanol–water partition coefficient (Wildman–Crippen LogP) is 3.41. The number of nitrogens with one attached hydrogen (secondary N) is 1. The molecule has 118 valence electrons. The Balaban J connectivity index is 2.56. The number of unbranched alkanes of at least 4 members (excludes halogenated alkanes) is 1. The van der Waals surface area contributed by atoms with Crippen LogP contribution in [0.15, 0.2) is 12.1 Å². The largest absolute Gasteiger partial charge is 0.377 e. The van der Waals surface area contributed by atoms with E-state index in [9.17, 15) is 18.9 Å². The van der Waals surface area contributed by atoms with E-state index in [1.54, 1.807) is 0 Å². The van der Waals surface area contributed by atoms with Gasteiger partial charge in [0.15, 0.2) is 17.3 Å². The van der Waals surface area contributed by atoms with Gasteiger partial charge < -0.3 is 10.2 Å². The maximum absolute atomic E-state index is 13.6. The Morgan fingerprint density at radius 2 is 2.00 bits per heavy atom. The van der Waals surface area contributed by atoms with Crippen LogP contribution < -0.4 is 5.32 Å². The molecule has 21 heavy (non-hydrogen) atoms. The van der Waals surface area contributed by atoms with Gasteiger partial charge in [0.1, 0.15) is 0 Å². The molecule has 1 N–H and O–H groups in total. The third-order valence-electron chi connectivity index (χ3n) is 3.39. The van der Waals surface area contributed by atoms with E-state index < -0.39 is 22.2 Å². The molecule has 0 fully saturated rings. The van der Waals surface area contributed by atoms with Crippen LogP contribution in [0, 0.1) is 21.7 Å². The minimum atomic E-state index is -1.21. The first-order chi connectivity index (χ1) is 9.84. The lowest BCUT2D eigenvalue weighted by molar-refractivity contribution is -0.384. The molecule has 0 amide bonds. The number of benzene rings is 1. The molecule has 0 aliphatic rings. The van der Waals surface area contributed by atoms with Crippen molar-refractivity contribution in [1.29, 1.82) is 0 Å². The summed E-state index contributed by atoms with van der Waals surface area (Å²) >= 11 is 0. The molecular weight excluding hydrogens is 280 g/mol. The third kappa shape index (κ3) is 4.93. The molecule has 5 nitrogen and oxygen atoms in total. The molecule has 1 aromatic carbocycles. The van der Waals surface area contributed by atoms with E-state index in [1.165, 1.54) is 0 Å². The van der Waals surface area contributed by atoms with Gasteiger partial charge in [-0.25, -0.2) is 8.78 Å². The smallest absolute Gasteiger partial charge is 0.295 e. The third-order valence-corrected chi connectivity index (χ3v) is 3.39. The van der Waals surface area contributed by atoms with Gasteiger partial charge in [-0.1, -0.05) is 0 Å². The maximum atomic E-state index is 13.6. The van der Waals surface area contributed by atoms with E-state index in [0.29, 0.717) is 19.0 Å². The van der Waals surface area contributed by atoms with Gasteiger partial charge in [0.25, 0.3) is 5.69 Å². The van der Waals surface area contributed by atoms with Gasteiger partial charge in [-0.2, -0.15) is 0 Å². The molecule has 0 heterocycles. The lowest BCUT2D eigenvalue weighted by atomic mass is 10.2. The Morgan fingerprint density at radius 1 is 1.33 bits per heavy atom. The number of nitrogens with zero attached hydrogens (tertiary/aromatic N) is 2. The molecule has 0 spiro atoms. The zero-order chi connectivity index (χ0) is 16.0. The zero-order valence-electron chi connectivity index (χ0n) is 12.5. The second-order valence-electron chi connectivity index (χ2n) is 5.22. The minimum absolute atomic E-state index is 0.354. The number of rotatable bonds is 8. The highest BCUT2D eigenvalue weighted by Crippen LogP contribution is 2.28. The number of halogens is 2. The molecule has 0 bridgehead atoms. The lowest BCUT2D eigenvalue weighted by Crippen LogP contribution is -2.27. The Hall–Kier alpha value is -1.76. The summed E-state index contributed by atoms with van der Waals surface area (Å²) in [5, 5.41) is 13.4. The summed E-state index contributed by atoms with van der Waals surface area (Å²) in [7, 11) is 2.01. The van der Waals surface area contributed by atoms with Crippen molar-refractivity contribution in [2.45, 2.75) is 32.7 Å². The van der Waals surface area contributed by atoms with Crippen molar-refractivity contribution in [3.8, 4) is 0 Å². The van der Waals surface area contributed by atoms with Crippen LogP contribution in [-0.2, 0) is 0 Å². The van der Waals surface area contributed by atoms with Gasteiger partial charge >= 0.3 is 0 Å². The molecule has 0 unspecified atom stereocenters. The van der Waals surface area contributed by atoms with E-state index >= 15 is 0 Å². The van der Waals surface area contributed by atoms with Crippen LogP contribution >= 0.6 is 0 Å². The first kappa shape index (κ1) is 17.3. The first-order valence-corrected chi connectivity index (χ1v) is 6.91. The van der Waals surface area contributed by atoms with Gasteiger partial charge in [-0.3, -0.25) is 10.1 Å². The highest BCUT2D eigenvalue weighted by Gasteiger charge is 2.20. The quantitative estimate of drug-likeness (QED) is 0.454. The summed E-state index contributed by atoms with van der Waals surface area (Å²) in [6.07, 6.45) is 1.58. The van der Waals surface area contributed by atoms with Crippen molar-refractivity contribution in [2.75, 3.05) is 25.5 Å². The Morgan fingerprint density at radius 3 is 2.57 bits per heavy atom. The van der Waals surface area contributed by atoms with E-state index in [4.69, 9.17) is 0 Å². The summed E-state index contributed by atoms with van der Waals surface area (Å²) < 4.78 is 26.8. The van der Waals surface area contributed by atoms with Gasteiger partial charge in [0, 0.05) is 18.7 Å². The molecule has 0 aromatic heterocycles. The van der Waals surface area contributed by atoms with E-state index in [-0.39, 0.29) is 5.69 Å². The highest BCUT2D eigenvalue weighted by molar-refractivity contribution is 5.62. The van der Waals surface area contributed by atoms with Gasteiger partial charge in [0.2, 0.25) is 0 Å². The number of hydrogen-bond acceptors (Lipinski definition) is 4. The standard InChI is InChI=1S/C14H21F2N3O2/c1-10(2)18(3)9-5-4-8-17-14-12(19(20)21)7-6-11(15)13(14)16/h6-7,10,17H,4-5,8-9H2,1-3H3. The van der Waals surface area contributed by atoms with Crippen LogP contribution in [-0.4, -0.2) is 36.0 Å². The van der Waals surface area contributed by atoms with Crippen molar-refractivity contribution in [3.05, 3.63) is 33.9 Å². The van der Waals surface area contributed by atoms with Gasteiger partial charge in [-0.05, 0) is 46.3 Å². The summed E-state index contributed by atoms with van der Waals surface area (Å²) in [4.78, 5) is 12.3. The molecular formula is C14H21F2N3O2. The van der Waals surface area contributed by atoms with Crippen molar-refractivity contribution in [3.63, 3.8) is 0 Å². The second kappa shape index (κ2) is 7.87. The Labute approximate surface area is 123 Å². The average Bonchev–Trinajstić information content (AvgIpc) is 2.42. The Kier molecular flexibility index (Phi) is 6.48. The first-order valence-electron chi connectivity index (χ1n) is 6.91. The summed E-state index contributed by atoms with van der Waals surface area (Å²) in [6, 6.07) is 2.17. The molecule has 0 saturated carbocycles.